The van der Waals surface area contributed by atoms with Crippen molar-refractivity contribution in [3.8, 4) is 0 Å². The Bertz CT molecular complexity index is 478. The molecule has 1 amide bonds. The maximum atomic E-state index is 12.3. The highest BCUT2D eigenvalue weighted by Gasteiger charge is 2.28. The lowest BCUT2D eigenvalue weighted by Gasteiger charge is -2.28. The highest BCUT2D eigenvalue weighted by Crippen LogP contribution is 2.18. The first-order valence-corrected chi connectivity index (χ1v) is 9.01. The van der Waals surface area contributed by atoms with Crippen LogP contribution < -0.4 is 0 Å². The van der Waals surface area contributed by atoms with Gasteiger partial charge in [0.25, 0.3) is 0 Å². The number of carbonyl (C=O) groups is 2. The SMILES string of the molecule is C=CC(CCN(C(=N)SC)C(=O)OC(C)(C)C)C(=O)OC(C)(C)C. The molecule has 0 saturated heterocycles. The minimum Gasteiger partial charge on any atom is -0.460 e. The van der Waals surface area contributed by atoms with E-state index in [0.29, 0.717) is 6.42 Å². The zero-order valence-corrected chi connectivity index (χ0v) is 16.6. The molecule has 0 radical (unpaired) electrons. The minimum atomic E-state index is -0.656. The van der Waals surface area contributed by atoms with Crippen LogP contribution >= 0.6 is 11.8 Å². The Morgan fingerprint density at radius 3 is 2.04 bits per heavy atom. The molecule has 1 N–H and O–H groups in total. The van der Waals surface area contributed by atoms with Crippen molar-refractivity contribution in [1.82, 2.24) is 4.90 Å². The van der Waals surface area contributed by atoms with Crippen LogP contribution in [0.1, 0.15) is 48.0 Å². The highest BCUT2D eigenvalue weighted by molar-refractivity contribution is 8.13. The second kappa shape index (κ2) is 9.11. The van der Waals surface area contributed by atoms with Gasteiger partial charge < -0.3 is 9.47 Å². The second-order valence-electron chi connectivity index (χ2n) is 7.31. The molecule has 0 saturated carbocycles. The van der Waals surface area contributed by atoms with Crippen molar-refractivity contribution < 1.29 is 19.1 Å². The standard InChI is InChI=1S/C17H30N2O4S/c1-9-12(13(20)22-16(2,3)4)10-11-19(14(18)24-8)15(21)23-17(5,6)7/h9,12,18H,1,10-11H2,2-8H3. The van der Waals surface area contributed by atoms with Gasteiger partial charge in [0.2, 0.25) is 0 Å². The highest BCUT2D eigenvalue weighted by atomic mass is 32.2. The number of rotatable bonds is 5. The first kappa shape index (κ1) is 22.5. The molecule has 0 aromatic heterocycles. The molecule has 0 fully saturated rings. The summed E-state index contributed by atoms with van der Waals surface area (Å²) in [6.45, 7) is 14.5. The predicted molar refractivity (Wildman–Crippen MR) is 98.3 cm³/mol. The quantitative estimate of drug-likeness (QED) is 0.347. The van der Waals surface area contributed by atoms with Crippen LogP contribution in [0.3, 0.4) is 0 Å². The molecule has 24 heavy (non-hydrogen) atoms. The molecule has 0 aliphatic rings. The van der Waals surface area contributed by atoms with E-state index in [1.54, 1.807) is 47.8 Å². The summed E-state index contributed by atoms with van der Waals surface area (Å²) in [5, 5.41) is 8.00. The van der Waals surface area contributed by atoms with Crippen LogP contribution in [0.2, 0.25) is 0 Å². The minimum absolute atomic E-state index is 0.0660. The summed E-state index contributed by atoms with van der Waals surface area (Å²) in [5.41, 5.74) is -1.24. The molecule has 6 nitrogen and oxygen atoms in total. The molecule has 0 bridgehead atoms. The maximum Gasteiger partial charge on any atom is 0.416 e. The number of ether oxygens (including phenoxy) is 2. The Labute approximate surface area is 149 Å². The predicted octanol–water partition coefficient (Wildman–Crippen LogP) is 4.06. The van der Waals surface area contributed by atoms with E-state index in [2.05, 4.69) is 6.58 Å². The Kier molecular flexibility index (Phi) is 8.54. The largest absolute Gasteiger partial charge is 0.460 e. The fourth-order valence-corrected chi connectivity index (χ4v) is 2.07. The Balaban J connectivity index is 4.97. The van der Waals surface area contributed by atoms with Crippen molar-refractivity contribution in [2.45, 2.75) is 59.2 Å². The summed E-state index contributed by atoms with van der Waals surface area (Å²) in [7, 11) is 0. The Morgan fingerprint density at radius 2 is 1.67 bits per heavy atom. The number of amidine groups is 1. The average Bonchev–Trinajstić information content (AvgIpc) is 2.38. The summed E-state index contributed by atoms with van der Waals surface area (Å²) in [5.74, 6) is -0.943. The third kappa shape index (κ3) is 8.96. The van der Waals surface area contributed by atoms with Crippen LogP contribution in [-0.2, 0) is 14.3 Å². The molecule has 1 atom stereocenters. The van der Waals surface area contributed by atoms with Crippen LogP contribution in [0.15, 0.2) is 12.7 Å². The molecular weight excluding hydrogens is 328 g/mol. The van der Waals surface area contributed by atoms with E-state index in [1.807, 2.05) is 0 Å². The van der Waals surface area contributed by atoms with Crippen LogP contribution in [0.5, 0.6) is 0 Å². The number of carbonyl (C=O) groups excluding carboxylic acids is 2. The first-order chi connectivity index (χ1) is 10.8. The molecule has 0 aromatic rings. The summed E-state index contributed by atoms with van der Waals surface area (Å²) in [6, 6.07) is 0. The molecule has 0 aliphatic heterocycles. The van der Waals surface area contributed by atoms with Crippen LogP contribution in [0, 0.1) is 11.3 Å². The van der Waals surface area contributed by atoms with Crippen LogP contribution in [0.4, 0.5) is 4.79 Å². The fourth-order valence-electron chi connectivity index (χ4n) is 1.68. The molecule has 0 spiro atoms. The fraction of sp³-hybridized carbons (Fsp3) is 0.706. The van der Waals surface area contributed by atoms with Gasteiger partial charge in [0.05, 0.1) is 5.92 Å². The second-order valence-corrected chi connectivity index (χ2v) is 8.10. The molecule has 0 heterocycles. The van der Waals surface area contributed by atoms with Gasteiger partial charge in [-0.2, -0.15) is 0 Å². The van der Waals surface area contributed by atoms with Crippen molar-refractivity contribution in [3.63, 3.8) is 0 Å². The number of amides is 1. The van der Waals surface area contributed by atoms with Crippen molar-refractivity contribution in [3.05, 3.63) is 12.7 Å². The summed E-state index contributed by atoms with van der Waals surface area (Å²) in [4.78, 5) is 25.6. The van der Waals surface area contributed by atoms with Crippen molar-refractivity contribution >= 4 is 29.0 Å². The van der Waals surface area contributed by atoms with E-state index >= 15 is 0 Å². The average molecular weight is 359 g/mol. The lowest BCUT2D eigenvalue weighted by molar-refractivity contribution is -0.158. The normalized spacial score (nSPS) is 13.0. The van der Waals surface area contributed by atoms with Crippen LogP contribution in [0.25, 0.3) is 0 Å². The van der Waals surface area contributed by atoms with E-state index in [-0.39, 0.29) is 11.7 Å². The molecule has 0 rings (SSSR count). The van der Waals surface area contributed by atoms with Crippen LogP contribution in [-0.4, -0.2) is 46.1 Å². The number of hydrogen-bond donors (Lipinski definition) is 1. The smallest absolute Gasteiger partial charge is 0.416 e. The van der Waals surface area contributed by atoms with Crippen molar-refractivity contribution in [2.24, 2.45) is 5.92 Å². The van der Waals surface area contributed by atoms with Gasteiger partial charge >= 0.3 is 12.1 Å². The zero-order valence-electron chi connectivity index (χ0n) is 15.8. The number of thioether (sulfide) groups is 1. The number of nitrogens with one attached hydrogen (secondary N) is 1. The van der Waals surface area contributed by atoms with E-state index < -0.39 is 29.2 Å². The van der Waals surface area contributed by atoms with Gasteiger partial charge in [-0.3, -0.25) is 15.1 Å². The Morgan fingerprint density at radius 1 is 1.17 bits per heavy atom. The van der Waals surface area contributed by atoms with Gasteiger partial charge in [-0.1, -0.05) is 17.8 Å². The summed E-state index contributed by atoms with van der Waals surface area (Å²) >= 11 is 1.13. The van der Waals surface area contributed by atoms with E-state index in [1.165, 1.54) is 11.0 Å². The van der Waals surface area contributed by atoms with Gasteiger partial charge in [0, 0.05) is 6.54 Å². The third-order valence-electron chi connectivity index (χ3n) is 2.71. The van der Waals surface area contributed by atoms with Gasteiger partial charge in [-0.25, -0.2) is 4.79 Å². The number of nitrogens with zero attached hydrogens (tertiary/aromatic N) is 1. The first-order valence-electron chi connectivity index (χ1n) is 7.79. The van der Waals surface area contributed by atoms with Gasteiger partial charge in [-0.15, -0.1) is 6.58 Å². The molecule has 0 aliphatic carbocycles. The van der Waals surface area contributed by atoms with E-state index in [9.17, 15) is 9.59 Å². The van der Waals surface area contributed by atoms with E-state index in [4.69, 9.17) is 14.9 Å². The molecule has 7 heteroatoms. The monoisotopic (exact) mass is 358 g/mol. The third-order valence-corrected chi connectivity index (χ3v) is 3.32. The molecule has 1 unspecified atom stereocenters. The number of hydrogen-bond acceptors (Lipinski definition) is 6. The Hall–Kier alpha value is -1.50. The number of esters is 1. The molecule has 0 aromatic carbocycles. The molecule has 138 valence electrons. The topological polar surface area (TPSA) is 79.7 Å². The van der Waals surface area contributed by atoms with Gasteiger partial charge in [0.1, 0.15) is 11.2 Å². The zero-order chi connectivity index (χ0) is 19.1. The lowest BCUT2D eigenvalue weighted by atomic mass is 10.1. The van der Waals surface area contributed by atoms with Gasteiger partial charge in [-0.05, 0) is 54.2 Å². The summed E-state index contributed by atoms with van der Waals surface area (Å²) < 4.78 is 10.7. The van der Waals surface area contributed by atoms with E-state index in [0.717, 1.165) is 11.8 Å². The summed E-state index contributed by atoms with van der Waals surface area (Å²) in [6.07, 6.45) is 2.91. The molecular formula is C17H30N2O4S. The van der Waals surface area contributed by atoms with Gasteiger partial charge in [0.15, 0.2) is 5.17 Å². The lowest BCUT2D eigenvalue weighted by Crippen LogP contribution is -2.41. The van der Waals surface area contributed by atoms with Crippen molar-refractivity contribution in [1.29, 1.82) is 5.41 Å². The maximum absolute atomic E-state index is 12.3. The van der Waals surface area contributed by atoms with Crippen molar-refractivity contribution in [2.75, 3.05) is 12.8 Å².